The lowest BCUT2D eigenvalue weighted by Gasteiger charge is -2.53. The number of amides is 4. The number of anilines is 1. The topological polar surface area (TPSA) is 297 Å². The Hall–Kier alpha value is -5.56. The summed E-state index contributed by atoms with van der Waals surface area (Å²) < 4.78 is 0. The molecule has 4 amide bonds. The highest BCUT2D eigenvalue weighted by Crippen LogP contribution is 2.45. The Labute approximate surface area is 330 Å². The fourth-order valence-corrected chi connectivity index (χ4v) is 8.98. The van der Waals surface area contributed by atoms with Gasteiger partial charge in [-0.3, -0.25) is 39.8 Å². The first-order valence-corrected chi connectivity index (χ1v) is 19.5. The Morgan fingerprint density at radius 2 is 1.98 bits per heavy atom. The molecule has 4 aliphatic rings. The van der Waals surface area contributed by atoms with Crippen molar-refractivity contribution >= 4 is 81.0 Å². The number of benzene rings is 1. The molecule has 2 fully saturated rings. The molecule has 56 heavy (non-hydrogen) atoms. The fraction of sp³-hybridized carbons (Fsp3) is 0.375. The van der Waals surface area contributed by atoms with E-state index in [0.717, 1.165) is 23.5 Å². The van der Waals surface area contributed by atoms with Crippen LogP contribution in [0.1, 0.15) is 43.7 Å². The number of nitrogens with two attached hydrogens (primary N) is 1. The lowest BCUT2D eigenvalue weighted by Crippen LogP contribution is -2.74. The van der Waals surface area contributed by atoms with Crippen molar-refractivity contribution in [2.24, 2.45) is 15.6 Å². The number of nitrogens with one attached hydrogen (secondary N) is 4. The third-order valence-electron chi connectivity index (χ3n) is 8.75. The Bertz CT molecular complexity index is 2100. The molecular weight excluding hydrogens is 795 g/mol. The van der Waals surface area contributed by atoms with Gasteiger partial charge in [-0.25, -0.2) is 15.0 Å². The van der Waals surface area contributed by atoms with Gasteiger partial charge in [0.2, 0.25) is 11.5 Å². The average molecular weight is 832 g/mol. The van der Waals surface area contributed by atoms with Gasteiger partial charge in [0, 0.05) is 34.7 Å². The molecule has 0 bridgehead atoms. The molecule has 0 radical (unpaired) electrons. The van der Waals surface area contributed by atoms with Gasteiger partial charge in [0.05, 0.1) is 11.2 Å². The summed E-state index contributed by atoms with van der Waals surface area (Å²) >= 11 is 3.47. The molecule has 4 atom stereocenters. The third kappa shape index (κ3) is 8.04. The molecule has 24 heteroatoms. The van der Waals surface area contributed by atoms with Crippen LogP contribution in [0.2, 0.25) is 0 Å². The second-order valence-corrected chi connectivity index (χ2v) is 16.4. The number of thioether (sulfide) groups is 2. The van der Waals surface area contributed by atoms with Gasteiger partial charge < -0.3 is 41.2 Å². The number of fused-ring (bicyclic) bond motifs is 2. The summed E-state index contributed by atoms with van der Waals surface area (Å²) in [6, 6.07) is 2.25. The number of phenols is 2. The van der Waals surface area contributed by atoms with E-state index in [9.17, 15) is 44.4 Å². The average Bonchev–Trinajstić information content (AvgIpc) is 3.79. The zero-order valence-corrected chi connectivity index (χ0v) is 32.5. The Morgan fingerprint density at radius 1 is 1.23 bits per heavy atom. The number of aromatic hydroxyl groups is 2. The van der Waals surface area contributed by atoms with Gasteiger partial charge in [-0.2, -0.15) is 0 Å². The lowest BCUT2D eigenvalue weighted by atomic mass is 9.89. The van der Waals surface area contributed by atoms with Crippen LogP contribution in [-0.2, 0) is 24.0 Å². The molecule has 0 spiro atoms. The van der Waals surface area contributed by atoms with Gasteiger partial charge in [0.1, 0.15) is 28.8 Å². The number of nitrogens with zero attached hydrogens (tertiary/aromatic N) is 6. The van der Waals surface area contributed by atoms with Gasteiger partial charge in [0.25, 0.3) is 17.7 Å². The minimum Gasteiger partial charge on any atom is -0.504 e. The summed E-state index contributed by atoms with van der Waals surface area (Å²) in [7, 11) is 0. The maximum absolute atomic E-state index is 13.7. The fourth-order valence-electron chi connectivity index (χ4n) is 5.50. The number of carboxylic acids is 1. The van der Waals surface area contributed by atoms with Crippen LogP contribution < -0.4 is 27.4 Å². The predicted octanol–water partition coefficient (Wildman–Crippen LogP) is -0.209. The molecule has 298 valence electrons. The van der Waals surface area contributed by atoms with Gasteiger partial charge in [0.15, 0.2) is 28.2 Å². The summed E-state index contributed by atoms with van der Waals surface area (Å²) in [5.41, 5.74) is 10.2. The van der Waals surface area contributed by atoms with Crippen LogP contribution >= 0.6 is 34.9 Å². The largest absolute Gasteiger partial charge is 0.504 e. The number of allylic oxidation sites excluding steroid dienone is 1. The Balaban J connectivity index is 1.09. The zero-order valence-electron chi connectivity index (χ0n) is 30.0. The van der Waals surface area contributed by atoms with Gasteiger partial charge in [-0.05, 0) is 52.0 Å². The molecule has 21 nitrogen and oxygen atoms in total. The van der Waals surface area contributed by atoms with Crippen LogP contribution in [0.4, 0.5) is 5.13 Å². The molecule has 5 heterocycles. The summed E-state index contributed by atoms with van der Waals surface area (Å²) in [5, 5.41) is 50.8. The molecule has 1 aromatic heterocycles. The highest BCUT2D eigenvalue weighted by Gasteiger charge is 2.58. The summed E-state index contributed by atoms with van der Waals surface area (Å²) in [5.74, 6) is -4.45. The van der Waals surface area contributed by atoms with E-state index in [2.05, 4.69) is 36.8 Å². The van der Waals surface area contributed by atoms with Crippen LogP contribution in [0.5, 0.6) is 11.5 Å². The van der Waals surface area contributed by atoms with Crippen molar-refractivity contribution in [1.82, 2.24) is 41.6 Å². The number of thiazole rings is 1. The maximum Gasteiger partial charge on any atom is 0.313 e. The number of aromatic nitrogens is 1. The van der Waals surface area contributed by atoms with Crippen molar-refractivity contribution < 1.29 is 49.2 Å². The number of rotatable bonds is 12. The Morgan fingerprint density at radius 3 is 2.64 bits per heavy atom. The summed E-state index contributed by atoms with van der Waals surface area (Å²) in [6.45, 7) is 5.86. The van der Waals surface area contributed by atoms with Crippen molar-refractivity contribution in [2.75, 3.05) is 23.8 Å². The number of hydrazine groups is 3. The number of carbonyl (C=O) groups is 5. The first kappa shape index (κ1) is 40.1. The number of phenolic OH excluding ortho intramolecular Hbond substituents is 2. The number of carboxylic acid groups (broad SMARTS) is 1. The van der Waals surface area contributed by atoms with Crippen LogP contribution in [0.25, 0.3) is 0 Å². The maximum atomic E-state index is 13.7. The van der Waals surface area contributed by atoms with E-state index in [1.54, 1.807) is 31.1 Å². The van der Waals surface area contributed by atoms with Gasteiger partial charge in [-0.1, -0.05) is 5.16 Å². The zero-order chi connectivity index (χ0) is 40.7. The summed E-state index contributed by atoms with van der Waals surface area (Å²) in [4.78, 5) is 80.7. The van der Waals surface area contributed by atoms with Gasteiger partial charge in [-0.15, -0.1) is 40.4 Å². The molecule has 0 saturated carbocycles. The van der Waals surface area contributed by atoms with Gasteiger partial charge >= 0.3 is 5.97 Å². The van der Waals surface area contributed by atoms with Crippen molar-refractivity contribution in [2.45, 2.75) is 50.9 Å². The molecule has 0 aliphatic carbocycles. The van der Waals surface area contributed by atoms with Crippen LogP contribution in [0, 0.1) is 5.41 Å². The van der Waals surface area contributed by atoms with Crippen molar-refractivity contribution in [1.29, 1.82) is 0 Å². The molecular formula is C32H37N11O10S3. The minimum atomic E-state index is -1.80. The number of hydrogen-bond donors (Lipinski definition) is 9. The highest BCUT2D eigenvalue weighted by molar-refractivity contribution is 8.03. The lowest BCUT2D eigenvalue weighted by molar-refractivity contribution is -0.157. The van der Waals surface area contributed by atoms with E-state index >= 15 is 0 Å². The number of hydrogen-bond acceptors (Lipinski definition) is 19. The second kappa shape index (κ2) is 15.5. The first-order chi connectivity index (χ1) is 26.4. The normalized spacial score (nSPS) is 22.4. The van der Waals surface area contributed by atoms with Crippen LogP contribution in [0.15, 0.2) is 56.9 Å². The van der Waals surface area contributed by atoms with E-state index in [0.29, 0.717) is 16.6 Å². The number of nitrogen functional groups attached to an aromatic ring is 1. The highest BCUT2D eigenvalue weighted by atomic mass is 32.2. The molecule has 2 saturated heterocycles. The molecule has 6 rings (SSSR count). The molecule has 10 N–H and O–H groups in total. The van der Waals surface area contributed by atoms with E-state index in [-0.39, 0.29) is 34.4 Å². The minimum absolute atomic E-state index is 0.0112. The number of β-lactam (4-membered cyclic amide) rings is 1. The third-order valence-corrected chi connectivity index (χ3v) is 12.3. The van der Waals surface area contributed by atoms with Crippen molar-refractivity contribution in [3.63, 3.8) is 0 Å². The van der Waals surface area contributed by atoms with E-state index in [4.69, 9.17) is 10.6 Å². The first-order valence-electron chi connectivity index (χ1n) is 16.6. The second-order valence-electron chi connectivity index (χ2n) is 13.4. The van der Waals surface area contributed by atoms with E-state index in [1.165, 1.54) is 58.7 Å². The Kier molecular flexibility index (Phi) is 11.1. The van der Waals surface area contributed by atoms with Crippen molar-refractivity contribution in [3.8, 4) is 11.5 Å². The predicted molar refractivity (Wildman–Crippen MR) is 204 cm³/mol. The quantitative estimate of drug-likeness (QED) is 0.0579. The number of carbonyl (C=O) groups excluding carboxylic acids is 4. The number of aliphatic carboxylic acids is 1. The van der Waals surface area contributed by atoms with Crippen LogP contribution in [-0.4, -0.2) is 123 Å². The SMILES string of the molecule is CC1=NC2=CN(C(C)O)NN2C(SCC2(C(=O)O)CS[C@@H]3C(NC(=O)C(=NOC(C)(C)C(=O)NNC(=O)c4ccc(O)c(O)c4)c4csc(N)n4)C(=O)N3C2)=C1. The monoisotopic (exact) mass is 831 g/mol. The summed E-state index contributed by atoms with van der Waals surface area (Å²) in [6.07, 6.45) is 2.55. The molecule has 2 aromatic rings. The van der Waals surface area contributed by atoms with Crippen LogP contribution in [0.3, 0.4) is 0 Å². The standard InChI is InChI=1S/C32H37N11O10S3/c1-14-7-21(43-20(34-14)9-42(40-43)15(2)44)55-12-32(29(51)52)11-41-26(49)23(27(41)56-13-32)36-25(48)22(17-10-54-30(33)35-17)39-53-31(3,4)28(50)38-37-24(47)16-5-6-18(45)19(46)8-16/h5-10,15,23,27,40,44-46H,11-13H2,1-4H3,(H2,33,35)(H,36,48)(H,37,47)(H,38,50)(H,51,52)/t15?,23?,27-,32?/m1/s1. The van der Waals surface area contributed by atoms with Crippen molar-refractivity contribution in [3.05, 3.63) is 58.0 Å². The molecule has 4 aliphatic heterocycles. The number of aliphatic hydroxyl groups excluding tert-OH is 1. The van der Waals surface area contributed by atoms with E-state index < -0.39 is 75.5 Å². The van der Waals surface area contributed by atoms with E-state index in [1.807, 2.05) is 0 Å². The molecule has 3 unspecified atom stereocenters. The molecule has 1 aromatic carbocycles. The number of oxime groups is 1. The number of aliphatic hydroxyl groups is 1. The number of aliphatic imine (C=N–C) groups is 1. The smallest absolute Gasteiger partial charge is 0.313 e.